The van der Waals surface area contributed by atoms with Gasteiger partial charge in [-0.3, -0.25) is 9.59 Å². The highest BCUT2D eigenvalue weighted by atomic mass is 16.5. The molecule has 1 N–H and O–H groups in total. The molecule has 0 aromatic heterocycles. The summed E-state index contributed by atoms with van der Waals surface area (Å²) in [7, 11) is 3.92. The number of ether oxygens (including phenoxy) is 1. The van der Waals surface area contributed by atoms with Crippen molar-refractivity contribution in [1.82, 2.24) is 4.90 Å². The molecule has 1 aliphatic rings. The summed E-state index contributed by atoms with van der Waals surface area (Å²) in [5.41, 5.74) is 3.00. The molecule has 0 aliphatic carbocycles. The molecule has 2 aromatic rings. The molecule has 0 saturated heterocycles. The number of likely N-dealkylation sites (N-methyl/N-ethyl adjacent to an activating group) is 1. The average Bonchev–Trinajstić information content (AvgIpc) is 2.61. The molecule has 0 atom stereocenters. The van der Waals surface area contributed by atoms with Crippen molar-refractivity contribution in [1.29, 1.82) is 0 Å². The number of nitrogens with one attached hydrogen (secondary N) is 1. The van der Waals surface area contributed by atoms with Gasteiger partial charge in [0, 0.05) is 24.3 Å². The first kappa shape index (κ1) is 17.9. The molecule has 0 radical (unpaired) electrons. The second kappa shape index (κ2) is 7.58. The summed E-state index contributed by atoms with van der Waals surface area (Å²) in [6.45, 7) is 3.32. The van der Waals surface area contributed by atoms with Gasteiger partial charge in [-0.1, -0.05) is 17.7 Å². The van der Waals surface area contributed by atoms with E-state index in [4.69, 9.17) is 4.74 Å². The summed E-state index contributed by atoms with van der Waals surface area (Å²) in [5, 5.41) is 2.89. The van der Waals surface area contributed by atoms with Gasteiger partial charge >= 0.3 is 0 Å². The Hall–Kier alpha value is -2.86. The highest BCUT2D eigenvalue weighted by Gasteiger charge is 2.25. The van der Waals surface area contributed by atoms with Crippen LogP contribution in [-0.4, -0.2) is 50.5 Å². The number of nitrogens with zero attached hydrogens (tertiary/aromatic N) is 2. The fraction of sp³-hybridized carbons (Fsp3) is 0.300. The lowest BCUT2D eigenvalue weighted by Crippen LogP contribution is -2.42. The summed E-state index contributed by atoms with van der Waals surface area (Å²) in [5.74, 6) is 0.380. The second-order valence-electron chi connectivity index (χ2n) is 6.64. The largest absolute Gasteiger partial charge is 0.482 e. The molecule has 6 nitrogen and oxygen atoms in total. The highest BCUT2D eigenvalue weighted by molar-refractivity contribution is 6.05. The zero-order valence-corrected chi connectivity index (χ0v) is 15.3. The van der Waals surface area contributed by atoms with Crippen LogP contribution in [-0.2, 0) is 4.79 Å². The van der Waals surface area contributed by atoms with E-state index in [1.807, 2.05) is 38.1 Å². The maximum atomic E-state index is 12.4. The zero-order valence-electron chi connectivity index (χ0n) is 15.3. The van der Waals surface area contributed by atoms with Crippen molar-refractivity contribution in [3.8, 4) is 5.75 Å². The van der Waals surface area contributed by atoms with Crippen LogP contribution in [0, 0.1) is 6.92 Å². The number of hydrogen-bond acceptors (Lipinski definition) is 4. The number of anilines is 2. The Kier molecular flexibility index (Phi) is 5.23. The van der Waals surface area contributed by atoms with Crippen molar-refractivity contribution in [3.63, 3.8) is 0 Å². The monoisotopic (exact) mass is 353 g/mol. The number of carbonyl (C=O) groups is 2. The van der Waals surface area contributed by atoms with E-state index < -0.39 is 0 Å². The Morgan fingerprint density at radius 1 is 1.19 bits per heavy atom. The third-order valence-electron chi connectivity index (χ3n) is 4.24. The van der Waals surface area contributed by atoms with E-state index in [1.165, 1.54) is 0 Å². The Morgan fingerprint density at radius 2 is 1.92 bits per heavy atom. The Morgan fingerprint density at radius 3 is 2.62 bits per heavy atom. The number of amides is 2. The predicted octanol–water partition coefficient (Wildman–Crippen LogP) is 2.53. The average molecular weight is 353 g/mol. The van der Waals surface area contributed by atoms with Crippen molar-refractivity contribution < 1.29 is 14.3 Å². The van der Waals surface area contributed by atoms with Gasteiger partial charge in [-0.25, -0.2) is 0 Å². The molecule has 136 valence electrons. The van der Waals surface area contributed by atoms with E-state index in [-0.39, 0.29) is 18.4 Å². The predicted molar refractivity (Wildman–Crippen MR) is 102 cm³/mol. The van der Waals surface area contributed by atoms with Crippen LogP contribution in [0.2, 0.25) is 0 Å². The minimum Gasteiger partial charge on any atom is -0.482 e. The number of rotatable bonds is 5. The van der Waals surface area contributed by atoms with Crippen LogP contribution in [0.5, 0.6) is 5.75 Å². The topological polar surface area (TPSA) is 61.9 Å². The van der Waals surface area contributed by atoms with Crippen LogP contribution in [0.15, 0.2) is 42.5 Å². The lowest BCUT2D eigenvalue weighted by molar-refractivity contribution is -0.121. The van der Waals surface area contributed by atoms with Crippen molar-refractivity contribution in [2.24, 2.45) is 0 Å². The molecule has 0 fully saturated rings. The quantitative estimate of drug-likeness (QED) is 0.897. The third-order valence-corrected chi connectivity index (χ3v) is 4.24. The molecule has 26 heavy (non-hydrogen) atoms. The summed E-state index contributed by atoms with van der Waals surface area (Å²) in [6.07, 6.45) is 0. The van der Waals surface area contributed by atoms with Gasteiger partial charge in [0.05, 0.1) is 5.69 Å². The molecule has 0 spiro atoms. The summed E-state index contributed by atoms with van der Waals surface area (Å²) in [6, 6.07) is 12.7. The fourth-order valence-corrected chi connectivity index (χ4v) is 2.73. The van der Waals surface area contributed by atoms with Crippen LogP contribution in [0.1, 0.15) is 15.9 Å². The van der Waals surface area contributed by atoms with Gasteiger partial charge < -0.3 is 19.9 Å². The van der Waals surface area contributed by atoms with E-state index in [9.17, 15) is 9.59 Å². The molecule has 0 bridgehead atoms. The molecule has 0 unspecified atom stereocenters. The van der Waals surface area contributed by atoms with Gasteiger partial charge in [-0.05, 0) is 51.4 Å². The van der Waals surface area contributed by atoms with Crippen LogP contribution < -0.4 is 15.0 Å². The van der Waals surface area contributed by atoms with Crippen LogP contribution in [0.4, 0.5) is 11.4 Å². The zero-order chi connectivity index (χ0) is 18.7. The van der Waals surface area contributed by atoms with Crippen LogP contribution >= 0.6 is 0 Å². The normalized spacial score (nSPS) is 13.4. The lowest BCUT2D eigenvalue weighted by atomic mass is 10.1. The number of hydrogen-bond donors (Lipinski definition) is 1. The molecule has 1 aliphatic heterocycles. The molecule has 3 rings (SSSR count). The van der Waals surface area contributed by atoms with Gasteiger partial charge in [0.2, 0.25) is 0 Å². The minimum atomic E-state index is -0.187. The Labute approximate surface area is 153 Å². The first-order valence-electron chi connectivity index (χ1n) is 8.54. The number of fused-ring (bicyclic) bond motifs is 1. The molecule has 6 heteroatoms. The fourth-order valence-electron chi connectivity index (χ4n) is 2.73. The smallest absolute Gasteiger partial charge is 0.265 e. The van der Waals surface area contributed by atoms with E-state index in [2.05, 4.69) is 5.32 Å². The molecule has 1 heterocycles. The Bertz CT molecular complexity index is 816. The maximum Gasteiger partial charge on any atom is 0.265 e. The van der Waals surface area contributed by atoms with E-state index in [1.54, 1.807) is 35.2 Å². The van der Waals surface area contributed by atoms with Gasteiger partial charge in [-0.2, -0.15) is 0 Å². The van der Waals surface area contributed by atoms with Gasteiger partial charge in [0.15, 0.2) is 6.61 Å². The molecule has 2 aromatic carbocycles. The standard InChI is InChI=1S/C20H23N3O3/c1-14-4-6-15(7-5-14)20(25)21-16-8-9-18-17(12-16)23(11-10-22(2)3)19(24)13-26-18/h4-9,12H,10-11,13H2,1-3H3,(H,21,25). The third kappa shape index (κ3) is 4.03. The van der Waals surface area contributed by atoms with E-state index >= 15 is 0 Å². The van der Waals surface area contributed by atoms with Crippen molar-refractivity contribution in [2.75, 3.05) is 44.0 Å². The van der Waals surface area contributed by atoms with Gasteiger partial charge in [0.25, 0.3) is 11.8 Å². The summed E-state index contributed by atoms with van der Waals surface area (Å²) >= 11 is 0. The number of benzene rings is 2. The molecular formula is C20H23N3O3. The number of aryl methyl sites for hydroxylation is 1. The van der Waals surface area contributed by atoms with Crippen LogP contribution in [0.3, 0.4) is 0 Å². The van der Waals surface area contributed by atoms with Crippen molar-refractivity contribution in [2.45, 2.75) is 6.92 Å². The first-order valence-corrected chi connectivity index (χ1v) is 8.54. The first-order chi connectivity index (χ1) is 12.4. The molecule has 0 saturated carbocycles. The highest BCUT2D eigenvalue weighted by Crippen LogP contribution is 2.34. The van der Waals surface area contributed by atoms with Crippen LogP contribution in [0.25, 0.3) is 0 Å². The second-order valence-corrected chi connectivity index (χ2v) is 6.64. The Balaban J connectivity index is 1.81. The maximum absolute atomic E-state index is 12.4. The number of carbonyl (C=O) groups excluding carboxylic acids is 2. The van der Waals surface area contributed by atoms with E-state index in [0.717, 1.165) is 12.1 Å². The van der Waals surface area contributed by atoms with Gasteiger partial charge in [-0.15, -0.1) is 0 Å². The van der Waals surface area contributed by atoms with Crippen molar-refractivity contribution in [3.05, 3.63) is 53.6 Å². The minimum absolute atomic E-state index is 0.0372. The lowest BCUT2D eigenvalue weighted by Gasteiger charge is -2.30. The SMILES string of the molecule is Cc1ccc(C(=O)Nc2ccc3c(c2)N(CCN(C)C)C(=O)CO3)cc1. The molecule has 2 amide bonds. The summed E-state index contributed by atoms with van der Waals surface area (Å²) < 4.78 is 5.51. The van der Waals surface area contributed by atoms with Gasteiger partial charge in [0.1, 0.15) is 5.75 Å². The summed E-state index contributed by atoms with van der Waals surface area (Å²) in [4.78, 5) is 28.4. The van der Waals surface area contributed by atoms with E-state index in [0.29, 0.717) is 29.2 Å². The molecular weight excluding hydrogens is 330 g/mol. The van der Waals surface area contributed by atoms with Crippen molar-refractivity contribution >= 4 is 23.2 Å².